The molecule has 140 valence electrons. The van der Waals surface area contributed by atoms with E-state index in [-0.39, 0.29) is 24.1 Å². The van der Waals surface area contributed by atoms with E-state index < -0.39 is 10.0 Å². The van der Waals surface area contributed by atoms with Gasteiger partial charge in [0, 0.05) is 19.6 Å². The molecule has 8 heteroatoms. The number of piperidine rings is 1. The van der Waals surface area contributed by atoms with Crippen molar-refractivity contribution >= 4 is 39.1 Å². The van der Waals surface area contributed by atoms with Crippen molar-refractivity contribution in [3.05, 3.63) is 33.8 Å². The largest absolute Gasteiger partial charge is 0.356 e. The Morgan fingerprint density at radius 3 is 2.68 bits per heavy atom. The van der Waals surface area contributed by atoms with Gasteiger partial charge in [0.1, 0.15) is 0 Å². The van der Waals surface area contributed by atoms with Crippen molar-refractivity contribution in [1.82, 2.24) is 9.62 Å². The van der Waals surface area contributed by atoms with E-state index in [1.54, 1.807) is 18.2 Å². The number of nitrogens with one attached hydrogen (secondary N) is 1. The number of hydrogen-bond acceptors (Lipinski definition) is 3. The van der Waals surface area contributed by atoms with E-state index in [1.807, 2.05) is 13.8 Å². The van der Waals surface area contributed by atoms with E-state index in [0.717, 1.165) is 0 Å². The summed E-state index contributed by atoms with van der Waals surface area (Å²) in [4.78, 5) is 12.3. The first-order valence-electron chi connectivity index (χ1n) is 8.38. The van der Waals surface area contributed by atoms with Crippen molar-refractivity contribution in [2.24, 2.45) is 11.8 Å². The zero-order valence-electron chi connectivity index (χ0n) is 14.5. The summed E-state index contributed by atoms with van der Waals surface area (Å²) in [5.41, 5.74) is 0.584. The highest BCUT2D eigenvalue weighted by atomic mass is 35.5. The van der Waals surface area contributed by atoms with Gasteiger partial charge in [0.15, 0.2) is 0 Å². The van der Waals surface area contributed by atoms with Crippen LogP contribution < -0.4 is 5.32 Å². The molecular weight excluding hydrogens is 383 g/mol. The summed E-state index contributed by atoms with van der Waals surface area (Å²) >= 11 is 11.8. The fourth-order valence-electron chi connectivity index (χ4n) is 2.79. The number of halogens is 2. The van der Waals surface area contributed by atoms with Gasteiger partial charge in [-0.1, -0.05) is 43.1 Å². The molecule has 1 aromatic carbocycles. The van der Waals surface area contributed by atoms with Gasteiger partial charge >= 0.3 is 0 Å². The predicted molar refractivity (Wildman–Crippen MR) is 101 cm³/mol. The van der Waals surface area contributed by atoms with Crippen LogP contribution in [-0.4, -0.2) is 38.3 Å². The molecule has 0 radical (unpaired) electrons. The molecule has 1 N–H and O–H groups in total. The number of nitrogens with zero attached hydrogens (tertiary/aromatic N) is 1. The van der Waals surface area contributed by atoms with Crippen molar-refractivity contribution in [1.29, 1.82) is 0 Å². The first-order chi connectivity index (χ1) is 11.7. The number of sulfonamides is 1. The van der Waals surface area contributed by atoms with Crippen LogP contribution in [0, 0.1) is 11.8 Å². The lowest BCUT2D eigenvalue weighted by Gasteiger charge is -2.31. The van der Waals surface area contributed by atoms with Crippen LogP contribution in [-0.2, 0) is 20.6 Å². The van der Waals surface area contributed by atoms with Crippen LogP contribution in [0.5, 0.6) is 0 Å². The molecule has 0 saturated carbocycles. The Bertz CT molecular complexity index is 723. The minimum absolute atomic E-state index is 0.0665. The number of benzene rings is 1. The summed E-state index contributed by atoms with van der Waals surface area (Å²) in [6.07, 6.45) is 1.39. The Labute approximate surface area is 159 Å². The molecule has 0 spiro atoms. The Morgan fingerprint density at radius 1 is 1.32 bits per heavy atom. The van der Waals surface area contributed by atoms with Gasteiger partial charge in [-0.3, -0.25) is 4.79 Å². The Kier molecular flexibility index (Phi) is 7.14. The monoisotopic (exact) mass is 406 g/mol. The van der Waals surface area contributed by atoms with Crippen LogP contribution in [0.4, 0.5) is 0 Å². The number of hydrogen-bond donors (Lipinski definition) is 1. The maximum atomic E-state index is 12.7. The first kappa shape index (κ1) is 20.5. The minimum Gasteiger partial charge on any atom is -0.356 e. The average Bonchev–Trinajstić information content (AvgIpc) is 2.56. The molecule has 1 heterocycles. The summed E-state index contributed by atoms with van der Waals surface area (Å²) in [7, 11) is -3.51. The van der Waals surface area contributed by atoms with Gasteiger partial charge in [-0.15, -0.1) is 0 Å². The minimum atomic E-state index is -3.51. The highest BCUT2D eigenvalue weighted by Crippen LogP contribution is 2.26. The topological polar surface area (TPSA) is 66.5 Å². The first-order valence-corrected chi connectivity index (χ1v) is 10.7. The molecule has 1 aliphatic rings. The van der Waals surface area contributed by atoms with Crippen LogP contribution in [0.2, 0.25) is 10.0 Å². The quantitative estimate of drug-likeness (QED) is 0.787. The van der Waals surface area contributed by atoms with Gasteiger partial charge in [-0.2, -0.15) is 0 Å². The molecule has 1 saturated heterocycles. The van der Waals surface area contributed by atoms with Gasteiger partial charge in [0.05, 0.1) is 21.7 Å². The SMILES string of the molecule is CC(C)CNC(=O)C1CCCN(S(=O)(=O)Cc2ccc(Cl)c(Cl)c2)C1. The molecular formula is C17H24Cl2N2O3S. The maximum absolute atomic E-state index is 12.7. The van der Waals surface area contributed by atoms with Crippen LogP contribution in [0.25, 0.3) is 0 Å². The third kappa shape index (κ3) is 5.84. The maximum Gasteiger partial charge on any atom is 0.224 e. The van der Waals surface area contributed by atoms with E-state index in [9.17, 15) is 13.2 Å². The van der Waals surface area contributed by atoms with Gasteiger partial charge < -0.3 is 5.32 Å². The van der Waals surface area contributed by atoms with E-state index in [0.29, 0.717) is 47.5 Å². The number of amides is 1. The molecule has 5 nitrogen and oxygen atoms in total. The van der Waals surface area contributed by atoms with Crippen LogP contribution in [0.1, 0.15) is 32.3 Å². The van der Waals surface area contributed by atoms with Gasteiger partial charge in [-0.05, 0) is 36.5 Å². The van der Waals surface area contributed by atoms with Gasteiger partial charge in [0.25, 0.3) is 0 Å². The molecule has 1 aromatic rings. The van der Waals surface area contributed by atoms with E-state index in [4.69, 9.17) is 23.2 Å². The molecule has 1 amide bonds. The smallest absolute Gasteiger partial charge is 0.224 e. The number of carbonyl (C=O) groups is 1. The predicted octanol–water partition coefficient (Wildman–Crippen LogP) is 3.31. The second kappa shape index (κ2) is 8.71. The van der Waals surface area contributed by atoms with Gasteiger partial charge in [-0.25, -0.2) is 12.7 Å². The molecule has 1 atom stereocenters. The molecule has 2 rings (SSSR count). The third-order valence-electron chi connectivity index (χ3n) is 4.17. The Morgan fingerprint density at radius 2 is 2.04 bits per heavy atom. The van der Waals surface area contributed by atoms with Crippen LogP contribution in [0.15, 0.2) is 18.2 Å². The lowest BCUT2D eigenvalue weighted by Crippen LogP contribution is -2.46. The average molecular weight is 407 g/mol. The summed E-state index contributed by atoms with van der Waals surface area (Å²) in [5, 5.41) is 3.62. The standard InChI is InChI=1S/C17H24Cl2N2O3S/c1-12(2)9-20-17(22)14-4-3-7-21(10-14)25(23,24)11-13-5-6-15(18)16(19)8-13/h5-6,8,12,14H,3-4,7,9-11H2,1-2H3,(H,20,22). The summed E-state index contributed by atoms with van der Waals surface area (Å²) < 4.78 is 26.8. The zero-order valence-corrected chi connectivity index (χ0v) is 16.8. The Hall–Kier alpha value is -0.820. The molecule has 1 unspecified atom stereocenters. The summed E-state index contributed by atoms with van der Waals surface area (Å²) in [6.45, 7) is 5.32. The molecule has 0 aliphatic carbocycles. The van der Waals surface area contributed by atoms with E-state index in [2.05, 4.69) is 5.32 Å². The third-order valence-corrected chi connectivity index (χ3v) is 6.72. The summed E-state index contributed by atoms with van der Waals surface area (Å²) in [6, 6.07) is 4.81. The van der Waals surface area contributed by atoms with Crippen molar-refractivity contribution < 1.29 is 13.2 Å². The zero-order chi connectivity index (χ0) is 18.6. The summed E-state index contributed by atoms with van der Waals surface area (Å²) in [5.74, 6) is -0.147. The number of carbonyl (C=O) groups excluding carboxylic acids is 1. The molecule has 1 fully saturated rings. The fraction of sp³-hybridized carbons (Fsp3) is 0.588. The number of rotatable bonds is 6. The molecule has 1 aliphatic heterocycles. The van der Waals surface area contributed by atoms with Crippen molar-refractivity contribution in [2.45, 2.75) is 32.4 Å². The Balaban J connectivity index is 2.03. The highest BCUT2D eigenvalue weighted by molar-refractivity contribution is 7.88. The van der Waals surface area contributed by atoms with Gasteiger partial charge in [0.2, 0.25) is 15.9 Å². The molecule has 0 bridgehead atoms. The van der Waals surface area contributed by atoms with Crippen molar-refractivity contribution in [3.63, 3.8) is 0 Å². The second-order valence-electron chi connectivity index (χ2n) is 6.84. The van der Waals surface area contributed by atoms with E-state index >= 15 is 0 Å². The van der Waals surface area contributed by atoms with Crippen LogP contribution in [0.3, 0.4) is 0 Å². The lowest BCUT2D eigenvalue weighted by molar-refractivity contribution is -0.126. The van der Waals surface area contributed by atoms with E-state index in [1.165, 1.54) is 4.31 Å². The fourth-order valence-corrected chi connectivity index (χ4v) is 4.71. The normalized spacial score (nSPS) is 19.2. The molecule has 0 aromatic heterocycles. The second-order valence-corrected chi connectivity index (χ2v) is 9.62. The highest BCUT2D eigenvalue weighted by Gasteiger charge is 2.32. The molecule has 25 heavy (non-hydrogen) atoms. The van der Waals surface area contributed by atoms with Crippen molar-refractivity contribution in [2.75, 3.05) is 19.6 Å². The van der Waals surface area contributed by atoms with Crippen LogP contribution >= 0.6 is 23.2 Å². The lowest BCUT2D eigenvalue weighted by atomic mass is 9.98. The van der Waals surface area contributed by atoms with Crippen molar-refractivity contribution in [3.8, 4) is 0 Å².